The molecule has 5 heteroatoms. The summed E-state index contributed by atoms with van der Waals surface area (Å²) < 4.78 is 23.1. The van der Waals surface area contributed by atoms with Crippen LogP contribution in [0.15, 0.2) is 30.3 Å². The summed E-state index contributed by atoms with van der Waals surface area (Å²) in [6.07, 6.45) is 0.0224. The van der Waals surface area contributed by atoms with Crippen molar-refractivity contribution >= 4 is 9.84 Å². The van der Waals surface area contributed by atoms with E-state index in [0.717, 1.165) is 5.56 Å². The molecule has 20 heavy (non-hydrogen) atoms. The average molecular weight is 299 g/mol. The molecule has 3 atom stereocenters. The molecule has 0 aliphatic rings. The van der Waals surface area contributed by atoms with Gasteiger partial charge >= 0.3 is 0 Å². The third-order valence-corrected chi connectivity index (χ3v) is 5.16. The molecule has 0 bridgehead atoms. The Morgan fingerprint density at radius 1 is 1.15 bits per heavy atom. The lowest BCUT2D eigenvalue weighted by Gasteiger charge is -2.22. The molecule has 0 radical (unpaired) electrons. The molecule has 0 fully saturated rings. The van der Waals surface area contributed by atoms with Gasteiger partial charge in [-0.05, 0) is 25.8 Å². The SMILES string of the molecule is CCS(=O)(=O)CC(C)NC(C)CC(O)c1ccccc1. The van der Waals surface area contributed by atoms with Crippen molar-refractivity contribution in [1.82, 2.24) is 5.32 Å². The fourth-order valence-corrected chi connectivity index (χ4v) is 3.34. The van der Waals surface area contributed by atoms with Gasteiger partial charge in [-0.25, -0.2) is 8.42 Å². The summed E-state index contributed by atoms with van der Waals surface area (Å²) in [6, 6.07) is 9.42. The lowest BCUT2D eigenvalue weighted by atomic mass is 10.0. The van der Waals surface area contributed by atoms with Crippen LogP contribution in [0.5, 0.6) is 0 Å². The maximum absolute atomic E-state index is 11.5. The Morgan fingerprint density at radius 2 is 1.75 bits per heavy atom. The monoisotopic (exact) mass is 299 g/mol. The number of sulfone groups is 1. The van der Waals surface area contributed by atoms with Gasteiger partial charge in [-0.1, -0.05) is 37.3 Å². The van der Waals surface area contributed by atoms with Crippen molar-refractivity contribution in [3.05, 3.63) is 35.9 Å². The maximum atomic E-state index is 11.5. The first-order valence-corrected chi connectivity index (χ1v) is 8.85. The molecule has 0 aromatic heterocycles. The number of rotatable bonds is 8. The maximum Gasteiger partial charge on any atom is 0.151 e. The number of aliphatic hydroxyl groups excluding tert-OH is 1. The van der Waals surface area contributed by atoms with Crippen LogP contribution in [0.2, 0.25) is 0 Å². The molecule has 0 aliphatic carbocycles. The van der Waals surface area contributed by atoms with Crippen molar-refractivity contribution in [1.29, 1.82) is 0 Å². The minimum absolute atomic E-state index is 0.0484. The van der Waals surface area contributed by atoms with Gasteiger partial charge in [0.15, 0.2) is 9.84 Å². The minimum Gasteiger partial charge on any atom is -0.388 e. The Labute approximate surface area is 122 Å². The van der Waals surface area contributed by atoms with Crippen LogP contribution in [-0.2, 0) is 9.84 Å². The molecule has 0 saturated carbocycles. The Morgan fingerprint density at radius 3 is 2.30 bits per heavy atom. The highest BCUT2D eigenvalue weighted by atomic mass is 32.2. The second-order valence-corrected chi connectivity index (χ2v) is 7.73. The second-order valence-electron chi connectivity index (χ2n) is 5.33. The summed E-state index contributed by atoms with van der Waals surface area (Å²) in [4.78, 5) is 0. The van der Waals surface area contributed by atoms with Crippen LogP contribution in [-0.4, -0.2) is 37.1 Å². The summed E-state index contributed by atoms with van der Waals surface area (Å²) in [5.74, 6) is 0.301. The summed E-state index contributed by atoms with van der Waals surface area (Å²) >= 11 is 0. The van der Waals surface area contributed by atoms with Crippen molar-refractivity contribution in [2.24, 2.45) is 0 Å². The third-order valence-electron chi connectivity index (χ3n) is 3.27. The zero-order valence-corrected chi connectivity index (χ0v) is 13.2. The van der Waals surface area contributed by atoms with E-state index in [9.17, 15) is 13.5 Å². The van der Waals surface area contributed by atoms with E-state index in [2.05, 4.69) is 5.32 Å². The van der Waals surface area contributed by atoms with Gasteiger partial charge in [0, 0.05) is 17.8 Å². The van der Waals surface area contributed by atoms with Crippen LogP contribution < -0.4 is 5.32 Å². The molecular formula is C15H25NO3S. The van der Waals surface area contributed by atoms with Crippen molar-refractivity contribution in [2.45, 2.75) is 45.4 Å². The second kappa shape index (κ2) is 7.76. The predicted octanol–water partition coefficient (Wildman–Crippen LogP) is 1.91. The first-order chi connectivity index (χ1) is 9.34. The zero-order valence-electron chi connectivity index (χ0n) is 12.4. The van der Waals surface area contributed by atoms with E-state index in [4.69, 9.17) is 0 Å². The molecule has 2 N–H and O–H groups in total. The van der Waals surface area contributed by atoms with Crippen molar-refractivity contribution < 1.29 is 13.5 Å². The molecular weight excluding hydrogens is 274 g/mol. The van der Waals surface area contributed by atoms with Gasteiger partial charge in [-0.15, -0.1) is 0 Å². The Bertz CT molecular complexity index is 487. The quantitative estimate of drug-likeness (QED) is 0.769. The molecule has 0 amide bonds. The normalized spacial score (nSPS) is 16.6. The molecule has 0 spiro atoms. The number of nitrogens with one attached hydrogen (secondary N) is 1. The van der Waals surface area contributed by atoms with Crippen LogP contribution in [0.4, 0.5) is 0 Å². The summed E-state index contributed by atoms with van der Waals surface area (Å²) in [5.41, 5.74) is 0.884. The third kappa shape index (κ3) is 6.03. The van der Waals surface area contributed by atoms with Gasteiger partial charge in [0.05, 0.1) is 11.9 Å². The summed E-state index contributed by atoms with van der Waals surface area (Å²) in [5, 5.41) is 13.4. The predicted molar refractivity (Wildman–Crippen MR) is 82.4 cm³/mol. The average Bonchev–Trinajstić information content (AvgIpc) is 2.38. The Hall–Kier alpha value is -0.910. The standard InChI is InChI=1S/C15H25NO3S/c1-4-20(18,19)11-13(3)16-12(2)10-15(17)14-8-6-5-7-9-14/h5-9,12-13,15-17H,4,10-11H2,1-3H3. The Kier molecular flexibility index (Phi) is 6.65. The van der Waals surface area contributed by atoms with Gasteiger partial charge in [-0.2, -0.15) is 0 Å². The molecule has 3 unspecified atom stereocenters. The number of aliphatic hydroxyl groups is 1. The smallest absolute Gasteiger partial charge is 0.151 e. The zero-order chi connectivity index (χ0) is 15.2. The molecule has 0 aliphatic heterocycles. The molecule has 1 aromatic rings. The number of benzene rings is 1. The molecule has 1 rings (SSSR count). The number of hydrogen-bond donors (Lipinski definition) is 2. The van der Waals surface area contributed by atoms with E-state index >= 15 is 0 Å². The largest absolute Gasteiger partial charge is 0.388 e. The van der Waals surface area contributed by atoms with Crippen LogP contribution >= 0.6 is 0 Å². The molecule has 114 valence electrons. The van der Waals surface area contributed by atoms with Gasteiger partial charge in [0.25, 0.3) is 0 Å². The van der Waals surface area contributed by atoms with Gasteiger partial charge in [-0.3, -0.25) is 0 Å². The summed E-state index contributed by atoms with van der Waals surface area (Å²) in [6.45, 7) is 5.48. The van der Waals surface area contributed by atoms with Crippen molar-refractivity contribution in [3.8, 4) is 0 Å². The van der Waals surface area contributed by atoms with E-state index in [1.54, 1.807) is 6.92 Å². The Balaban J connectivity index is 2.45. The summed E-state index contributed by atoms with van der Waals surface area (Å²) in [7, 11) is -2.97. The first kappa shape index (κ1) is 17.1. The van der Waals surface area contributed by atoms with Gasteiger partial charge < -0.3 is 10.4 Å². The van der Waals surface area contributed by atoms with Crippen LogP contribution in [0.25, 0.3) is 0 Å². The van der Waals surface area contributed by atoms with E-state index in [1.165, 1.54) is 0 Å². The lowest BCUT2D eigenvalue weighted by molar-refractivity contribution is 0.152. The highest BCUT2D eigenvalue weighted by molar-refractivity contribution is 7.91. The van der Waals surface area contributed by atoms with E-state index in [0.29, 0.717) is 6.42 Å². The van der Waals surface area contributed by atoms with E-state index < -0.39 is 15.9 Å². The van der Waals surface area contributed by atoms with Crippen LogP contribution in [0.1, 0.15) is 38.9 Å². The van der Waals surface area contributed by atoms with Crippen molar-refractivity contribution in [3.63, 3.8) is 0 Å². The first-order valence-electron chi connectivity index (χ1n) is 7.03. The van der Waals surface area contributed by atoms with Gasteiger partial charge in [0.2, 0.25) is 0 Å². The fourth-order valence-electron chi connectivity index (χ4n) is 2.25. The lowest BCUT2D eigenvalue weighted by Crippen LogP contribution is -2.40. The minimum atomic E-state index is -2.97. The molecule has 1 aromatic carbocycles. The van der Waals surface area contributed by atoms with Crippen molar-refractivity contribution in [2.75, 3.05) is 11.5 Å². The van der Waals surface area contributed by atoms with Crippen LogP contribution in [0, 0.1) is 0 Å². The van der Waals surface area contributed by atoms with E-state index in [-0.39, 0.29) is 23.6 Å². The topological polar surface area (TPSA) is 66.4 Å². The molecule has 4 nitrogen and oxygen atoms in total. The molecule has 0 heterocycles. The highest BCUT2D eigenvalue weighted by Gasteiger charge is 2.17. The van der Waals surface area contributed by atoms with E-state index in [1.807, 2.05) is 44.2 Å². The number of hydrogen-bond acceptors (Lipinski definition) is 4. The van der Waals surface area contributed by atoms with Crippen LogP contribution in [0.3, 0.4) is 0 Å². The highest BCUT2D eigenvalue weighted by Crippen LogP contribution is 2.17. The van der Waals surface area contributed by atoms with Gasteiger partial charge in [0.1, 0.15) is 0 Å². The molecule has 0 saturated heterocycles. The fraction of sp³-hybridized carbons (Fsp3) is 0.600.